The summed E-state index contributed by atoms with van der Waals surface area (Å²) in [5.41, 5.74) is 4.82. The molecule has 0 aliphatic carbocycles. The topological polar surface area (TPSA) is 41.6 Å². The highest BCUT2D eigenvalue weighted by atomic mass is 19.1. The number of nitrogens with one attached hydrogen (secondary N) is 1. The maximum absolute atomic E-state index is 13.1. The second-order valence-corrected chi connectivity index (χ2v) is 4.46. The lowest BCUT2D eigenvalue weighted by atomic mass is 10.1. The molecule has 3 aromatic rings. The van der Waals surface area contributed by atoms with E-state index in [1.165, 1.54) is 17.8 Å². The molecule has 0 amide bonds. The van der Waals surface area contributed by atoms with Gasteiger partial charge in [-0.1, -0.05) is 6.07 Å². The predicted molar refractivity (Wildman–Crippen MR) is 68.8 cm³/mol. The van der Waals surface area contributed by atoms with Crippen molar-refractivity contribution in [2.45, 2.75) is 13.8 Å². The Balaban J connectivity index is 2.22. The molecule has 0 radical (unpaired) electrons. The molecule has 0 aliphatic rings. The van der Waals surface area contributed by atoms with Crippen LogP contribution in [0.2, 0.25) is 0 Å². The van der Waals surface area contributed by atoms with Gasteiger partial charge in [0.25, 0.3) is 0 Å². The van der Waals surface area contributed by atoms with Crippen LogP contribution in [0, 0.1) is 19.7 Å². The van der Waals surface area contributed by atoms with Gasteiger partial charge in [-0.3, -0.25) is 4.98 Å². The van der Waals surface area contributed by atoms with Gasteiger partial charge in [0, 0.05) is 11.8 Å². The van der Waals surface area contributed by atoms with E-state index in [0.717, 1.165) is 16.6 Å². The van der Waals surface area contributed by atoms with Crippen LogP contribution in [0.15, 0.2) is 30.6 Å². The maximum atomic E-state index is 13.1. The summed E-state index contributed by atoms with van der Waals surface area (Å²) in [6.07, 6.45) is 2.78. The Hall–Kier alpha value is -2.23. The molecule has 1 N–H and O–H groups in total. The van der Waals surface area contributed by atoms with Crippen LogP contribution in [0.4, 0.5) is 4.39 Å². The smallest absolute Gasteiger partial charge is 0.142 e. The quantitative estimate of drug-likeness (QED) is 0.709. The fourth-order valence-electron chi connectivity index (χ4n) is 2.15. The molecule has 2 aromatic heterocycles. The van der Waals surface area contributed by atoms with Gasteiger partial charge in [-0.25, -0.2) is 9.37 Å². The predicted octanol–water partition coefficient (Wildman–Crippen LogP) is 3.38. The summed E-state index contributed by atoms with van der Waals surface area (Å²) in [6, 6.07) is 5.54. The molecular formula is C14H12FN3. The lowest BCUT2D eigenvalue weighted by molar-refractivity contribution is 0.622. The number of aromatic amines is 1. The van der Waals surface area contributed by atoms with Gasteiger partial charge in [-0.2, -0.15) is 0 Å². The molecule has 0 aliphatic heterocycles. The van der Waals surface area contributed by atoms with Crippen LogP contribution in [0.1, 0.15) is 11.1 Å². The zero-order chi connectivity index (χ0) is 12.7. The van der Waals surface area contributed by atoms with Crippen LogP contribution in [-0.2, 0) is 0 Å². The average molecular weight is 241 g/mol. The van der Waals surface area contributed by atoms with Gasteiger partial charge in [0.15, 0.2) is 0 Å². The van der Waals surface area contributed by atoms with E-state index in [0.29, 0.717) is 11.4 Å². The average Bonchev–Trinajstić information content (AvgIpc) is 2.73. The molecule has 0 spiro atoms. The van der Waals surface area contributed by atoms with E-state index in [-0.39, 0.29) is 5.82 Å². The number of hydrogen-bond donors (Lipinski definition) is 1. The fraction of sp³-hybridized carbons (Fsp3) is 0.143. The van der Waals surface area contributed by atoms with Crippen LogP contribution in [-0.4, -0.2) is 15.0 Å². The van der Waals surface area contributed by atoms with Crippen molar-refractivity contribution in [1.29, 1.82) is 0 Å². The third kappa shape index (κ3) is 1.76. The normalized spacial score (nSPS) is 11.1. The van der Waals surface area contributed by atoms with Crippen molar-refractivity contribution >= 4 is 11.0 Å². The molecule has 2 heterocycles. The first kappa shape index (κ1) is 10.9. The highest BCUT2D eigenvalue weighted by Gasteiger charge is 2.08. The first-order chi connectivity index (χ1) is 8.63. The van der Waals surface area contributed by atoms with Gasteiger partial charge in [-0.05, 0) is 37.1 Å². The molecule has 0 atom stereocenters. The monoisotopic (exact) mass is 241 g/mol. The van der Waals surface area contributed by atoms with E-state index in [2.05, 4.69) is 21.0 Å². The lowest BCUT2D eigenvalue weighted by Gasteiger charge is -1.96. The molecule has 0 saturated carbocycles. The summed E-state index contributed by atoms with van der Waals surface area (Å²) < 4.78 is 13.1. The molecule has 90 valence electrons. The summed E-state index contributed by atoms with van der Waals surface area (Å²) in [5.74, 6) is 0.284. The summed E-state index contributed by atoms with van der Waals surface area (Å²) in [6.45, 7) is 4.06. The van der Waals surface area contributed by atoms with Crippen molar-refractivity contribution in [1.82, 2.24) is 15.0 Å². The van der Waals surface area contributed by atoms with Crippen molar-refractivity contribution in [3.05, 3.63) is 47.5 Å². The Kier molecular flexibility index (Phi) is 2.37. The highest BCUT2D eigenvalue weighted by molar-refractivity contribution is 5.82. The van der Waals surface area contributed by atoms with Crippen LogP contribution < -0.4 is 0 Å². The van der Waals surface area contributed by atoms with Crippen molar-refractivity contribution in [3.63, 3.8) is 0 Å². The van der Waals surface area contributed by atoms with Crippen LogP contribution in [0.5, 0.6) is 0 Å². The molecule has 3 nitrogen and oxygen atoms in total. The van der Waals surface area contributed by atoms with Crippen molar-refractivity contribution in [2.75, 3.05) is 0 Å². The van der Waals surface area contributed by atoms with Gasteiger partial charge in [-0.15, -0.1) is 0 Å². The highest BCUT2D eigenvalue weighted by Crippen LogP contribution is 2.23. The minimum Gasteiger partial charge on any atom is -0.338 e. The minimum atomic E-state index is -0.360. The summed E-state index contributed by atoms with van der Waals surface area (Å²) in [5, 5.41) is 0. The molecule has 4 heteroatoms. The minimum absolute atomic E-state index is 0.360. The first-order valence-corrected chi connectivity index (χ1v) is 5.71. The number of benzene rings is 1. The Labute approximate surface area is 104 Å². The zero-order valence-corrected chi connectivity index (χ0v) is 10.2. The fourth-order valence-corrected chi connectivity index (χ4v) is 2.15. The van der Waals surface area contributed by atoms with Crippen molar-refractivity contribution in [2.24, 2.45) is 0 Å². The molecule has 18 heavy (non-hydrogen) atoms. The Morgan fingerprint density at radius 3 is 2.72 bits per heavy atom. The van der Waals surface area contributed by atoms with E-state index in [1.807, 2.05) is 19.9 Å². The first-order valence-electron chi connectivity index (χ1n) is 5.71. The van der Waals surface area contributed by atoms with Gasteiger partial charge >= 0.3 is 0 Å². The number of halogens is 1. The molecular weight excluding hydrogens is 229 g/mol. The van der Waals surface area contributed by atoms with Gasteiger partial charge in [0.05, 0.1) is 17.2 Å². The third-order valence-corrected chi connectivity index (χ3v) is 2.90. The van der Waals surface area contributed by atoms with Gasteiger partial charge in [0.1, 0.15) is 11.6 Å². The van der Waals surface area contributed by atoms with E-state index >= 15 is 0 Å². The molecule has 0 fully saturated rings. The number of aryl methyl sites for hydroxylation is 2. The Morgan fingerprint density at radius 1 is 1.11 bits per heavy atom. The van der Waals surface area contributed by atoms with Crippen LogP contribution >= 0.6 is 0 Å². The van der Waals surface area contributed by atoms with E-state index in [9.17, 15) is 4.39 Å². The van der Waals surface area contributed by atoms with E-state index in [1.54, 1.807) is 6.20 Å². The van der Waals surface area contributed by atoms with Gasteiger partial charge in [0.2, 0.25) is 0 Å². The number of nitrogens with zero attached hydrogens (tertiary/aromatic N) is 2. The standard InChI is InChI=1S/C14H12FN3/c1-8-3-9(2)13-12(4-8)17-14(18-13)10-5-11(15)7-16-6-10/h3-7H,1-2H3,(H,17,18). The van der Waals surface area contributed by atoms with Crippen molar-refractivity contribution < 1.29 is 4.39 Å². The number of H-pyrrole nitrogens is 1. The number of pyridine rings is 1. The summed E-state index contributed by atoms with van der Waals surface area (Å²) in [4.78, 5) is 11.5. The van der Waals surface area contributed by atoms with E-state index < -0.39 is 0 Å². The molecule has 1 aromatic carbocycles. The number of aromatic nitrogens is 3. The molecule has 3 rings (SSSR count). The second kappa shape index (κ2) is 3.91. The van der Waals surface area contributed by atoms with Crippen molar-refractivity contribution in [3.8, 4) is 11.4 Å². The number of rotatable bonds is 1. The van der Waals surface area contributed by atoms with E-state index in [4.69, 9.17) is 0 Å². The SMILES string of the molecule is Cc1cc(C)c2nc(-c3cncc(F)c3)[nH]c2c1. The molecule has 0 bridgehead atoms. The maximum Gasteiger partial charge on any atom is 0.142 e. The number of fused-ring (bicyclic) bond motifs is 1. The molecule has 0 unspecified atom stereocenters. The van der Waals surface area contributed by atoms with Crippen LogP contribution in [0.3, 0.4) is 0 Å². The largest absolute Gasteiger partial charge is 0.338 e. The summed E-state index contributed by atoms with van der Waals surface area (Å²) in [7, 11) is 0. The van der Waals surface area contributed by atoms with Gasteiger partial charge < -0.3 is 4.98 Å². The van der Waals surface area contributed by atoms with Crippen LogP contribution in [0.25, 0.3) is 22.4 Å². The Bertz CT molecular complexity index is 731. The zero-order valence-electron chi connectivity index (χ0n) is 10.2. The summed E-state index contributed by atoms with van der Waals surface area (Å²) >= 11 is 0. The lowest BCUT2D eigenvalue weighted by Crippen LogP contribution is -1.84. The third-order valence-electron chi connectivity index (χ3n) is 2.90. The second-order valence-electron chi connectivity index (χ2n) is 4.46. The Morgan fingerprint density at radius 2 is 1.94 bits per heavy atom. The number of imidazole rings is 1. The molecule has 0 saturated heterocycles. The number of hydrogen-bond acceptors (Lipinski definition) is 2.